The zero-order valence-corrected chi connectivity index (χ0v) is 13.4. The molecular weight excluding hydrogens is 264 g/mol. The highest BCUT2D eigenvalue weighted by atomic mass is 16.5. The summed E-state index contributed by atoms with van der Waals surface area (Å²) in [5, 5.41) is 0. The second kappa shape index (κ2) is 7.78. The topological polar surface area (TPSA) is 47.7 Å². The van der Waals surface area contributed by atoms with Crippen molar-refractivity contribution in [1.29, 1.82) is 0 Å². The Bertz CT molecular complexity index is 419. The van der Waals surface area contributed by atoms with E-state index >= 15 is 0 Å². The molecule has 1 saturated heterocycles. The van der Waals surface area contributed by atoms with Gasteiger partial charge in [0.2, 0.25) is 0 Å². The molecule has 0 spiro atoms. The SMILES string of the molecule is COC1CCCN(C(CN)c2ccc(OC(C)C)cc2)C1. The number of likely N-dealkylation sites (tertiary alicyclic amines) is 1. The summed E-state index contributed by atoms with van der Waals surface area (Å²) in [6, 6.07) is 8.60. The average Bonchev–Trinajstić information content (AvgIpc) is 2.49. The summed E-state index contributed by atoms with van der Waals surface area (Å²) < 4.78 is 11.2. The average molecular weight is 292 g/mol. The smallest absolute Gasteiger partial charge is 0.119 e. The molecule has 0 bridgehead atoms. The largest absolute Gasteiger partial charge is 0.491 e. The predicted molar refractivity (Wildman–Crippen MR) is 85.6 cm³/mol. The fraction of sp³-hybridized carbons (Fsp3) is 0.647. The van der Waals surface area contributed by atoms with Gasteiger partial charge in [0.1, 0.15) is 5.75 Å². The number of methoxy groups -OCH3 is 1. The number of hydrogen-bond donors (Lipinski definition) is 1. The standard InChI is InChI=1S/C17H28N2O2/c1-13(2)21-15-8-6-14(7-9-15)17(11-18)19-10-4-5-16(12-19)20-3/h6-9,13,16-17H,4-5,10-12,18H2,1-3H3. The Morgan fingerprint density at radius 1 is 1.29 bits per heavy atom. The number of hydrogen-bond acceptors (Lipinski definition) is 4. The van der Waals surface area contributed by atoms with Crippen LogP contribution in [0.25, 0.3) is 0 Å². The zero-order chi connectivity index (χ0) is 15.2. The summed E-state index contributed by atoms with van der Waals surface area (Å²) >= 11 is 0. The van der Waals surface area contributed by atoms with Crippen LogP contribution in [0, 0.1) is 0 Å². The van der Waals surface area contributed by atoms with Crippen LogP contribution in [0.15, 0.2) is 24.3 Å². The van der Waals surface area contributed by atoms with E-state index < -0.39 is 0 Å². The van der Waals surface area contributed by atoms with Crippen LogP contribution in [0.1, 0.15) is 38.3 Å². The number of nitrogens with two attached hydrogens (primary N) is 1. The molecule has 1 fully saturated rings. The van der Waals surface area contributed by atoms with Crippen molar-refractivity contribution in [3.05, 3.63) is 29.8 Å². The van der Waals surface area contributed by atoms with Gasteiger partial charge in [-0.1, -0.05) is 12.1 Å². The molecule has 0 amide bonds. The quantitative estimate of drug-likeness (QED) is 0.875. The van der Waals surface area contributed by atoms with Crippen LogP contribution in [0.3, 0.4) is 0 Å². The van der Waals surface area contributed by atoms with E-state index in [1.165, 1.54) is 12.0 Å². The highest BCUT2D eigenvalue weighted by Gasteiger charge is 2.26. The van der Waals surface area contributed by atoms with E-state index in [1.54, 1.807) is 7.11 Å². The summed E-state index contributed by atoms with van der Waals surface area (Å²) in [7, 11) is 1.80. The maximum atomic E-state index is 6.03. The van der Waals surface area contributed by atoms with Gasteiger partial charge in [-0.05, 0) is 50.9 Å². The summed E-state index contributed by atoms with van der Waals surface area (Å²) in [6.07, 6.45) is 2.84. The molecule has 0 radical (unpaired) electrons. The van der Waals surface area contributed by atoms with Gasteiger partial charge in [-0.2, -0.15) is 0 Å². The number of nitrogens with zero attached hydrogens (tertiary/aromatic N) is 1. The molecule has 4 heteroatoms. The fourth-order valence-electron chi connectivity index (χ4n) is 2.98. The first-order chi connectivity index (χ1) is 10.1. The van der Waals surface area contributed by atoms with Crippen molar-refractivity contribution in [2.75, 3.05) is 26.7 Å². The zero-order valence-electron chi connectivity index (χ0n) is 13.4. The minimum Gasteiger partial charge on any atom is -0.491 e. The Kier molecular flexibility index (Phi) is 6.03. The minimum atomic E-state index is 0.200. The van der Waals surface area contributed by atoms with E-state index in [2.05, 4.69) is 17.0 Å². The van der Waals surface area contributed by atoms with Gasteiger partial charge in [-0.15, -0.1) is 0 Å². The first-order valence-electron chi connectivity index (χ1n) is 7.87. The van der Waals surface area contributed by atoms with Crippen LogP contribution < -0.4 is 10.5 Å². The van der Waals surface area contributed by atoms with Crippen LogP contribution >= 0.6 is 0 Å². The molecule has 1 aliphatic rings. The Balaban J connectivity index is 2.06. The molecule has 2 rings (SSSR count). The molecule has 4 nitrogen and oxygen atoms in total. The Morgan fingerprint density at radius 3 is 2.57 bits per heavy atom. The lowest BCUT2D eigenvalue weighted by atomic mass is 10.0. The lowest BCUT2D eigenvalue weighted by molar-refractivity contribution is 0.0155. The van der Waals surface area contributed by atoms with E-state index in [0.29, 0.717) is 12.6 Å². The van der Waals surface area contributed by atoms with Crippen molar-refractivity contribution >= 4 is 0 Å². The van der Waals surface area contributed by atoms with E-state index in [1.807, 2.05) is 26.0 Å². The second-order valence-electron chi connectivity index (χ2n) is 5.98. The predicted octanol–water partition coefficient (Wildman–Crippen LogP) is 2.58. The Morgan fingerprint density at radius 2 is 2.00 bits per heavy atom. The van der Waals surface area contributed by atoms with Gasteiger partial charge in [0, 0.05) is 26.2 Å². The molecule has 1 aliphatic heterocycles. The van der Waals surface area contributed by atoms with Crippen molar-refractivity contribution in [1.82, 2.24) is 4.90 Å². The van der Waals surface area contributed by atoms with Gasteiger partial charge < -0.3 is 15.2 Å². The molecular formula is C17H28N2O2. The Labute approximate surface area is 128 Å². The van der Waals surface area contributed by atoms with Crippen LogP contribution in [0.2, 0.25) is 0 Å². The van der Waals surface area contributed by atoms with E-state index in [9.17, 15) is 0 Å². The highest BCUT2D eigenvalue weighted by Crippen LogP contribution is 2.26. The molecule has 1 aromatic rings. The van der Waals surface area contributed by atoms with Gasteiger partial charge in [0.25, 0.3) is 0 Å². The highest BCUT2D eigenvalue weighted by molar-refractivity contribution is 5.29. The molecule has 0 aliphatic carbocycles. The molecule has 2 N–H and O–H groups in total. The first kappa shape index (κ1) is 16.3. The van der Waals surface area contributed by atoms with Gasteiger partial charge in [0.05, 0.1) is 12.2 Å². The summed E-state index contributed by atoms with van der Waals surface area (Å²) in [6.45, 7) is 6.75. The maximum absolute atomic E-state index is 6.03. The molecule has 2 atom stereocenters. The molecule has 118 valence electrons. The van der Waals surface area contributed by atoms with E-state index in [4.69, 9.17) is 15.2 Å². The summed E-state index contributed by atoms with van der Waals surface area (Å²) in [5.41, 5.74) is 7.28. The van der Waals surface area contributed by atoms with Gasteiger partial charge in [-0.3, -0.25) is 4.90 Å². The first-order valence-corrected chi connectivity index (χ1v) is 7.87. The second-order valence-corrected chi connectivity index (χ2v) is 5.98. The molecule has 1 heterocycles. The third kappa shape index (κ3) is 4.43. The van der Waals surface area contributed by atoms with Crippen molar-refractivity contribution < 1.29 is 9.47 Å². The van der Waals surface area contributed by atoms with Crippen LogP contribution in [-0.2, 0) is 4.74 Å². The summed E-state index contributed by atoms with van der Waals surface area (Å²) in [5.74, 6) is 0.915. The van der Waals surface area contributed by atoms with Crippen molar-refractivity contribution in [3.63, 3.8) is 0 Å². The molecule has 0 aromatic heterocycles. The van der Waals surface area contributed by atoms with Crippen molar-refractivity contribution in [2.45, 2.75) is 44.9 Å². The van der Waals surface area contributed by atoms with Gasteiger partial charge in [0.15, 0.2) is 0 Å². The van der Waals surface area contributed by atoms with Crippen LogP contribution in [0.5, 0.6) is 5.75 Å². The van der Waals surface area contributed by atoms with E-state index in [-0.39, 0.29) is 12.1 Å². The monoisotopic (exact) mass is 292 g/mol. The molecule has 2 unspecified atom stereocenters. The van der Waals surface area contributed by atoms with Crippen LogP contribution in [-0.4, -0.2) is 43.9 Å². The third-order valence-electron chi connectivity index (χ3n) is 4.04. The van der Waals surface area contributed by atoms with E-state index in [0.717, 1.165) is 25.3 Å². The number of rotatable bonds is 6. The molecule has 0 saturated carbocycles. The van der Waals surface area contributed by atoms with Crippen molar-refractivity contribution in [3.8, 4) is 5.75 Å². The molecule has 21 heavy (non-hydrogen) atoms. The van der Waals surface area contributed by atoms with Gasteiger partial charge in [-0.25, -0.2) is 0 Å². The number of piperidine rings is 1. The normalized spacial score (nSPS) is 21.5. The number of benzene rings is 1. The van der Waals surface area contributed by atoms with Crippen LogP contribution in [0.4, 0.5) is 0 Å². The minimum absolute atomic E-state index is 0.200. The lowest BCUT2D eigenvalue weighted by Crippen LogP contribution is -2.43. The van der Waals surface area contributed by atoms with Gasteiger partial charge >= 0.3 is 0 Å². The third-order valence-corrected chi connectivity index (χ3v) is 4.04. The lowest BCUT2D eigenvalue weighted by Gasteiger charge is -2.37. The number of ether oxygens (including phenoxy) is 2. The fourth-order valence-corrected chi connectivity index (χ4v) is 2.98. The molecule has 1 aromatic carbocycles. The maximum Gasteiger partial charge on any atom is 0.119 e. The summed E-state index contributed by atoms with van der Waals surface area (Å²) in [4.78, 5) is 2.44. The Hall–Kier alpha value is -1.10. The van der Waals surface area contributed by atoms with Crippen molar-refractivity contribution in [2.24, 2.45) is 5.73 Å².